The van der Waals surface area contributed by atoms with Crippen molar-refractivity contribution >= 4 is 11.6 Å². The molecule has 1 spiro atoms. The molecule has 0 bridgehead atoms. The predicted octanol–water partition coefficient (Wildman–Crippen LogP) is 5.31. The number of nitrogens with zero attached hydrogens (tertiary/aromatic N) is 4. The zero-order chi connectivity index (χ0) is 20.0. The summed E-state index contributed by atoms with van der Waals surface area (Å²) in [6, 6.07) is 4.21. The van der Waals surface area contributed by atoms with Crippen LogP contribution in [0.3, 0.4) is 0 Å². The van der Waals surface area contributed by atoms with Gasteiger partial charge in [-0.2, -0.15) is 5.10 Å². The van der Waals surface area contributed by atoms with Crippen LogP contribution in [0.25, 0.3) is 5.65 Å². The van der Waals surface area contributed by atoms with Crippen LogP contribution in [0.15, 0.2) is 12.1 Å². The fraction of sp³-hybridized carbons (Fsp3) is 0.708. The van der Waals surface area contributed by atoms with E-state index in [1.807, 2.05) is 15.5 Å². The molecule has 5 nitrogen and oxygen atoms in total. The maximum Gasteiger partial charge on any atom is 0.274 e. The van der Waals surface area contributed by atoms with Crippen molar-refractivity contribution in [3.63, 3.8) is 0 Å². The maximum absolute atomic E-state index is 13.1. The Hall–Kier alpha value is -1.91. The lowest BCUT2D eigenvalue weighted by molar-refractivity contribution is 0.0755. The third-order valence-corrected chi connectivity index (χ3v) is 7.57. The minimum absolute atomic E-state index is 0.0730. The van der Waals surface area contributed by atoms with Crippen molar-refractivity contribution in [2.75, 3.05) is 13.1 Å². The van der Waals surface area contributed by atoms with Gasteiger partial charge in [-0.3, -0.25) is 4.79 Å². The molecule has 5 heteroatoms. The second kappa shape index (κ2) is 7.41. The summed E-state index contributed by atoms with van der Waals surface area (Å²) in [4.78, 5) is 20.1. The number of hydrogen-bond acceptors (Lipinski definition) is 3. The average Bonchev–Trinajstić information content (AvgIpc) is 3.34. The van der Waals surface area contributed by atoms with Gasteiger partial charge in [0.25, 0.3) is 5.91 Å². The molecule has 29 heavy (non-hydrogen) atoms. The molecule has 2 aromatic rings. The highest BCUT2D eigenvalue weighted by Crippen LogP contribution is 2.66. The highest BCUT2D eigenvalue weighted by atomic mass is 16.2. The van der Waals surface area contributed by atoms with Crippen molar-refractivity contribution in [3.8, 4) is 0 Å². The minimum Gasteiger partial charge on any atom is -0.337 e. The van der Waals surface area contributed by atoms with Crippen molar-refractivity contribution in [1.29, 1.82) is 0 Å². The molecule has 156 valence electrons. The van der Waals surface area contributed by atoms with Gasteiger partial charge >= 0.3 is 0 Å². The number of hydrogen-bond donors (Lipinski definition) is 0. The maximum atomic E-state index is 13.1. The van der Waals surface area contributed by atoms with Crippen molar-refractivity contribution in [2.24, 2.45) is 5.41 Å². The second-order valence-electron chi connectivity index (χ2n) is 9.95. The fourth-order valence-corrected chi connectivity index (χ4v) is 5.72. The predicted molar refractivity (Wildman–Crippen MR) is 114 cm³/mol. The Morgan fingerprint density at radius 3 is 2.41 bits per heavy atom. The van der Waals surface area contributed by atoms with Crippen LogP contribution in [-0.4, -0.2) is 38.5 Å². The summed E-state index contributed by atoms with van der Waals surface area (Å²) >= 11 is 0. The van der Waals surface area contributed by atoms with Gasteiger partial charge in [0.05, 0.1) is 0 Å². The molecule has 2 aromatic heterocycles. The number of amides is 1. The van der Waals surface area contributed by atoms with Gasteiger partial charge < -0.3 is 4.90 Å². The quantitative estimate of drug-likeness (QED) is 0.709. The van der Waals surface area contributed by atoms with Gasteiger partial charge in [0.2, 0.25) is 0 Å². The SMILES string of the molecule is CC(C)c1cc(C2CC23CCCCC3)nc2cc(C(=O)N3CCCCCC3)nn12. The molecule has 3 fully saturated rings. The summed E-state index contributed by atoms with van der Waals surface area (Å²) in [7, 11) is 0. The van der Waals surface area contributed by atoms with E-state index in [2.05, 4.69) is 19.9 Å². The Balaban J connectivity index is 1.48. The van der Waals surface area contributed by atoms with Crippen molar-refractivity contribution in [2.45, 2.75) is 89.9 Å². The molecule has 1 atom stereocenters. The summed E-state index contributed by atoms with van der Waals surface area (Å²) in [6.45, 7) is 6.12. The smallest absolute Gasteiger partial charge is 0.274 e. The van der Waals surface area contributed by atoms with Gasteiger partial charge in [0.1, 0.15) is 0 Å². The van der Waals surface area contributed by atoms with Crippen LogP contribution >= 0.6 is 0 Å². The van der Waals surface area contributed by atoms with Crippen LogP contribution in [0, 0.1) is 5.41 Å². The molecule has 3 heterocycles. The summed E-state index contributed by atoms with van der Waals surface area (Å²) in [6.07, 6.45) is 12.8. The number of aromatic nitrogens is 3. The zero-order valence-corrected chi connectivity index (χ0v) is 18.0. The van der Waals surface area contributed by atoms with Crippen molar-refractivity contribution in [1.82, 2.24) is 19.5 Å². The molecule has 1 amide bonds. The summed E-state index contributed by atoms with van der Waals surface area (Å²) in [5.41, 5.74) is 4.33. The third-order valence-electron chi connectivity index (χ3n) is 7.57. The summed E-state index contributed by atoms with van der Waals surface area (Å²) < 4.78 is 1.93. The van der Waals surface area contributed by atoms with E-state index in [4.69, 9.17) is 10.1 Å². The lowest BCUT2D eigenvalue weighted by atomic mass is 9.84. The Morgan fingerprint density at radius 2 is 1.72 bits per heavy atom. The number of rotatable bonds is 3. The van der Waals surface area contributed by atoms with E-state index in [1.165, 1.54) is 62.8 Å². The van der Waals surface area contributed by atoms with Crippen molar-refractivity contribution < 1.29 is 4.79 Å². The van der Waals surface area contributed by atoms with Crippen LogP contribution in [0.4, 0.5) is 0 Å². The van der Waals surface area contributed by atoms with Crippen molar-refractivity contribution in [3.05, 3.63) is 29.2 Å². The highest BCUT2D eigenvalue weighted by Gasteiger charge is 2.55. The molecule has 5 rings (SSSR count). The van der Waals surface area contributed by atoms with E-state index in [-0.39, 0.29) is 5.91 Å². The van der Waals surface area contributed by atoms with Gasteiger partial charge in [0.15, 0.2) is 11.3 Å². The van der Waals surface area contributed by atoms with Gasteiger partial charge in [-0.25, -0.2) is 9.50 Å². The van der Waals surface area contributed by atoms with E-state index in [0.717, 1.165) is 31.6 Å². The number of fused-ring (bicyclic) bond motifs is 1. The number of likely N-dealkylation sites (tertiary alicyclic amines) is 1. The fourth-order valence-electron chi connectivity index (χ4n) is 5.72. The van der Waals surface area contributed by atoms with Crippen LogP contribution in [0.5, 0.6) is 0 Å². The van der Waals surface area contributed by atoms with E-state index in [1.54, 1.807) is 0 Å². The Labute approximate surface area is 173 Å². The zero-order valence-electron chi connectivity index (χ0n) is 18.0. The number of carbonyl (C=O) groups excluding carboxylic acids is 1. The van der Waals surface area contributed by atoms with E-state index in [9.17, 15) is 4.79 Å². The van der Waals surface area contributed by atoms with Crippen LogP contribution in [-0.2, 0) is 0 Å². The monoisotopic (exact) mass is 394 g/mol. The van der Waals surface area contributed by atoms with E-state index < -0.39 is 0 Å². The molecule has 1 saturated heterocycles. The number of carbonyl (C=O) groups is 1. The molecule has 1 unspecified atom stereocenters. The normalized spacial score (nSPS) is 24.2. The van der Waals surface area contributed by atoms with E-state index in [0.29, 0.717) is 22.9 Å². The van der Waals surface area contributed by atoms with Crippen LogP contribution in [0.2, 0.25) is 0 Å². The molecule has 1 aliphatic heterocycles. The van der Waals surface area contributed by atoms with Gasteiger partial charge in [-0.15, -0.1) is 0 Å². The lowest BCUT2D eigenvalue weighted by Crippen LogP contribution is -2.32. The standard InChI is InChI=1S/C24H34N4O/c1-17(2)21-14-19(18-16-24(18)10-6-5-7-11-24)25-22-15-20(26-28(21)22)23(29)27-12-8-3-4-9-13-27/h14-15,17-18H,3-13,16H2,1-2H3. The second-order valence-corrected chi connectivity index (χ2v) is 9.95. The first-order valence-electron chi connectivity index (χ1n) is 11.8. The summed E-state index contributed by atoms with van der Waals surface area (Å²) in [5.74, 6) is 1.02. The molecule has 0 radical (unpaired) electrons. The Kier molecular flexibility index (Phi) is 4.87. The molecule has 0 aromatic carbocycles. The van der Waals surface area contributed by atoms with Gasteiger partial charge in [0, 0.05) is 36.5 Å². The largest absolute Gasteiger partial charge is 0.337 e. The minimum atomic E-state index is 0.0730. The molecule has 0 N–H and O–H groups in total. The topological polar surface area (TPSA) is 50.5 Å². The van der Waals surface area contributed by atoms with E-state index >= 15 is 0 Å². The van der Waals surface area contributed by atoms with Crippen LogP contribution in [0.1, 0.15) is 112 Å². The molecule has 2 saturated carbocycles. The Bertz CT molecular complexity index is 901. The molecule has 3 aliphatic rings. The first-order chi connectivity index (χ1) is 14.1. The molecular formula is C24H34N4O. The third kappa shape index (κ3) is 3.47. The molecular weight excluding hydrogens is 360 g/mol. The first kappa shape index (κ1) is 19.1. The van der Waals surface area contributed by atoms with Gasteiger partial charge in [-0.05, 0) is 49.5 Å². The lowest BCUT2D eigenvalue weighted by Gasteiger charge is -2.22. The summed E-state index contributed by atoms with van der Waals surface area (Å²) in [5, 5.41) is 4.73. The highest BCUT2D eigenvalue weighted by molar-refractivity contribution is 5.93. The van der Waals surface area contributed by atoms with Crippen LogP contribution < -0.4 is 0 Å². The van der Waals surface area contributed by atoms with Gasteiger partial charge in [-0.1, -0.05) is 46.0 Å². The average molecular weight is 395 g/mol. The first-order valence-corrected chi connectivity index (χ1v) is 11.8. The Morgan fingerprint density at radius 1 is 1.03 bits per heavy atom. The molecule has 2 aliphatic carbocycles.